The molecule has 1 saturated heterocycles. The van der Waals surface area contributed by atoms with Crippen molar-refractivity contribution in [2.24, 2.45) is 0 Å². The van der Waals surface area contributed by atoms with Crippen molar-refractivity contribution in [2.45, 2.75) is 23.5 Å². The highest BCUT2D eigenvalue weighted by molar-refractivity contribution is 7.96. The Kier molecular flexibility index (Phi) is 5.84. The molecule has 7 nitrogen and oxygen atoms in total. The van der Waals surface area contributed by atoms with Crippen LogP contribution in [0.5, 0.6) is 0 Å². The molecule has 10 heteroatoms. The molecule has 0 saturated carbocycles. The van der Waals surface area contributed by atoms with Crippen LogP contribution < -0.4 is 5.32 Å². The smallest absolute Gasteiger partial charge is 0.257 e. The first-order valence-corrected chi connectivity index (χ1v) is 12.4. The van der Waals surface area contributed by atoms with Crippen molar-refractivity contribution in [2.75, 3.05) is 16.8 Å². The SMILES string of the molecule is CC(=O)c1ccc(NC(=O)c2cc(S(=O)(=O)C3CCS(=O)(=O)C3)ccc2Cl)cc1. The number of amides is 1. The lowest BCUT2D eigenvalue weighted by Gasteiger charge is -2.13. The second-order valence-electron chi connectivity index (χ2n) is 6.80. The zero-order valence-corrected chi connectivity index (χ0v) is 17.8. The van der Waals surface area contributed by atoms with Crippen molar-refractivity contribution in [3.05, 3.63) is 58.6 Å². The Morgan fingerprint density at radius 1 is 1.10 bits per heavy atom. The second-order valence-corrected chi connectivity index (χ2v) is 11.7. The van der Waals surface area contributed by atoms with E-state index in [1.165, 1.54) is 19.1 Å². The lowest BCUT2D eigenvalue weighted by atomic mass is 10.1. The molecule has 1 fully saturated rings. The van der Waals surface area contributed by atoms with E-state index < -0.39 is 36.6 Å². The van der Waals surface area contributed by atoms with Gasteiger partial charge in [0.2, 0.25) is 0 Å². The lowest BCUT2D eigenvalue weighted by Crippen LogP contribution is -2.23. The molecular weight excluding hydrogens is 438 g/mol. The summed E-state index contributed by atoms with van der Waals surface area (Å²) in [7, 11) is -7.31. The minimum Gasteiger partial charge on any atom is -0.322 e. The van der Waals surface area contributed by atoms with E-state index in [9.17, 15) is 26.4 Å². The lowest BCUT2D eigenvalue weighted by molar-refractivity contribution is 0.101. The van der Waals surface area contributed by atoms with Crippen molar-refractivity contribution >= 4 is 48.7 Å². The molecule has 1 unspecified atom stereocenters. The fraction of sp³-hybridized carbons (Fsp3) is 0.263. The number of anilines is 1. The molecule has 1 aliphatic rings. The summed E-state index contributed by atoms with van der Waals surface area (Å²) < 4.78 is 48.9. The van der Waals surface area contributed by atoms with Gasteiger partial charge in [-0.25, -0.2) is 16.8 Å². The van der Waals surface area contributed by atoms with Gasteiger partial charge in [-0.3, -0.25) is 9.59 Å². The van der Waals surface area contributed by atoms with Crippen LogP contribution in [0, 0.1) is 0 Å². The number of nitrogens with one attached hydrogen (secondary N) is 1. The highest BCUT2D eigenvalue weighted by atomic mass is 35.5. The Labute approximate surface area is 173 Å². The Morgan fingerprint density at radius 2 is 1.76 bits per heavy atom. The van der Waals surface area contributed by atoms with Gasteiger partial charge in [0, 0.05) is 11.3 Å². The van der Waals surface area contributed by atoms with E-state index >= 15 is 0 Å². The predicted molar refractivity (Wildman–Crippen MR) is 110 cm³/mol. The van der Waals surface area contributed by atoms with Crippen LogP contribution in [0.4, 0.5) is 5.69 Å². The van der Waals surface area contributed by atoms with Crippen LogP contribution in [0.2, 0.25) is 5.02 Å². The Morgan fingerprint density at radius 3 is 2.31 bits per heavy atom. The number of rotatable bonds is 5. The number of carbonyl (C=O) groups is 2. The van der Waals surface area contributed by atoms with Gasteiger partial charge in [0.25, 0.3) is 5.91 Å². The largest absolute Gasteiger partial charge is 0.322 e. The maximum Gasteiger partial charge on any atom is 0.257 e. The van der Waals surface area contributed by atoms with Crippen molar-refractivity contribution in [3.8, 4) is 0 Å². The second kappa shape index (κ2) is 7.89. The number of halogens is 1. The van der Waals surface area contributed by atoms with E-state index in [0.29, 0.717) is 11.3 Å². The Bertz CT molecular complexity index is 1190. The number of hydrogen-bond donors (Lipinski definition) is 1. The molecule has 1 N–H and O–H groups in total. The molecule has 154 valence electrons. The van der Waals surface area contributed by atoms with E-state index in [0.717, 1.165) is 6.07 Å². The maximum atomic E-state index is 12.8. The van der Waals surface area contributed by atoms with Crippen molar-refractivity contribution in [1.82, 2.24) is 0 Å². The van der Waals surface area contributed by atoms with Gasteiger partial charge >= 0.3 is 0 Å². The molecular formula is C19H18ClNO6S2. The summed E-state index contributed by atoms with van der Waals surface area (Å²) in [4.78, 5) is 23.8. The van der Waals surface area contributed by atoms with Crippen LogP contribution in [0.1, 0.15) is 34.1 Å². The van der Waals surface area contributed by atoms with Crippen LogP contribution >= 0.6 is 11.6 Å². The average Bonchev–Trinajstić information content (AvgIpc) is 3.03. The highest BCUT2D eigenvalue weighted by Crippen LogP contribution is 2.28. The number of benzene rings is 2. The number of ketones is 1. The first-order chi connectivity index (χ1) is 13.5. The summed E-state index contributed by atoms with van der Waals surface area (Å²) in [6.45, 7) is 1.43. The van der Waals surface area contributed by atoms with E-state index in [2.05, 4.69) is 5.32 Å². The van der Waals surface area contributed by atoms with Gasteiger partial charge in [-0.1, -0.05) is 11.6 Å². The normalized spacial score (nSPS) is 18.3. The number of hydrogen-bond acceptors (Lipinski definition) is 6. The first-order valence-electron chi connectivity index (χ1n) is 8.66. The third-order valence-corrected chi connectivity index (χ3v) is 9.19. The summed E-state index contributed by atoms with van der Waals surface area (Å²) >= 11 is 6.08. The molecule has 2 aromatic carbocycles. The summed E-state index contributed by atoms with van der Waals surface area (Å²) in [5.74, 6) is -1.34. The van der Waals surface area contributed by atoms with Gasteiger partial charge < -0.3 is 5.32 Å². The summed E-state index contributed by atoms with van der Waals surface area (Å²) in [5, 5.41) is 1.62. The van der Waals surface area contributed by atoms with Crippen LogP contribution in [0.25, 0.3) is 0 Å². The first kappa shape index (κ1) is 21.5. The van der Waals surface area contributed by atoms with Crippen LogP contribution in [0.15, 0.2) is 47.4 Å². The van der Waals surface area contributed by atoms with Crippen LogP contribution in [-0.2, 0) is 19.7 Å². The molecule has 0 bridgehead atoms. The molecule has 1 amide bonds. The molecule has 0 spiro atoms. The molecule has 29 heavy (non-hydrogen) atoms. The van der Waals surface area contributed by atoms with Gasteiger partial charge in [-0.2, -0.15) is 0 Å². The molecule has 1 heterocycles. The number of sulfone groups is 2. The van der Waals surface area contributed by atoms with Crippen molar-refractivity contribution in [1.29, 1.82) is 0 Å². The standard InChI is InChI=1S/C19H18ClNO6S2/c1-12(22)13-2-4-14(5-3-13)21-19(23)17-10-15(6-7-18(17)20)29(26,27)16-8-9-28(24,25)11-16/h2-7,10,16H,8-9,11H2,1H3,(H,21,23). The van der Waals surface area contributed by atoms with E-state index in [-0.39, 0.29) is 33.4 Å². The third kappa shape index (κ3) is 4.68. The molecule has 0 aliphatic carbocycles. The zero-order valence-electron chi connectivity index (χ0n) is 15.4. The predicted octanol–water partition coefficient (Wildman–Crippen LogP) is 2.76. The molecule has 1 aliphatic heterocycles. The van der Waals surface area contributed by atoms with E-state index in [1.54, 1.807) is 24.3 Å². The van der Waals surface area contributed by atoms with Crippen LogP contribution in [0.3, 0.4) is 0 Å². The topological polar surface area (TPSA) is 114 Å². The third-order valence-electron chi connectivity index (χ3n) is 4.69. The van der Waals surface area contributed by atoms with E-state index in [1.807, 2.05) is 0 Å². The summed E-state index contributed by atoms with van der Waals surface area (Å²) in [6, 6.07) is 9.93. The molecule has 2 aromatic rings. The molecule has 1 atom stereocenters. The number of carbonyl (C=O) groups excluding carboxylic acids is 2. The minimum absolute atomic E-state index is 0.0251. The van der Waals surface area contributed by atoms with Gasteiger partial charge in [-0.05, 0) is 55.8 Å². The Hall–Kier alpha value is -2.23. The average molecular weight is 456 g/mol. The zero-order chi connectivity index (χ0) is 21.4. The highest BCUT2D eigenvalue weighted by Gasteiger charge is 2.38. The fourth-order valence-corrected chi connectivity index (χ4v) is 7.63. The van der Waals surface area contributed by atoms with Gasteiger partial charge in [0.15, 0.2) is 25.5 Å². The van der Waals surface area contributed by atoms with Gasteiger partial charge in [-0.15, -0.1) is 0 Å². The van der Waals surface area contributed by atoms with Gasteiger partial charge in [0.1, 0.15) is 0 Å². The fourth-order valence-electron chi connectivity index (χ4n) is 3.04. The maximum absolute atomic E-state index is 12.8. The minimum atomic E-state index is -3.93. The Balaban J connectivity index is 1.87. The monoisotopic (exact) mass is 455 g/mol. The molecule has 0 radical (unpaired) electrons. The molecule has 3 rings (SSSR count). The van der Waals surface area contributed by atoms with Crippen molar-refractivity contribution in [3.63, 3.8) is 0 Å². The quantitative estimate of drug-likeness (QED) is 0.693. The van der Waals surface area contributed by atoms with Crippen LogP contribution in [-0.4, -0.2) is 45.3 Å². The van der Waals surface area contributed by atoms with Crippen molar-refractivity contribution < 1.29 is 26.4 Å². The summed E-state index contributed by atoms with van der Waals surface area (Å²) in [5.41, 5.74) is 0.844. The summed E-state index contributed by atoms with van der Waals surface area (Å²) in [6.07, 6.45) is 0.0251. The number of Topliss-reactive ketones (excluding diaryl/α,β-unsaturated/α-hetero) is 1. The van der Waals surface area contributed by atoms with Gasteiger partial charge in [0.05, 0.1) is 32.2 Å². The van der Waals surface area contributed by atoms with E-state index in [4.69, 9.17) is 11.6 Å². The molecule has 0 aromatic heterocycles.